The van der Waals surface area contributed by atoms with E-state index < -0.39 is 13.7 Å². The molecule has 0 unspecified atom stereocenters. The predicted octanol–water partition coefficient (Wildman–Crippen LogP) is 6.64. The van der Waals surface area contributed by atoms with Crippen molar-refractivity contribution in [1.82, 2.24) is 9.97 Å². The predicted molar refractivity (Wildman–Crippen MR) is 114 cm³/mol. The molecule has 0 aliphatic rings. The molecule has 0 amide bonds. The molecule has 0 aliphatic heterocycles. The molecule has 5 aromatic rings. The van der Waals surface area contributed by atoms with E-state index in [1.54, 1.807) is 24.3 Å². The third-order valence-electron chi connectivity index (χ3n) is 4.87. The molecule has 0 N–H and O–H groups in total. The van der Waals surface area contributed by atoms with Crippen molar-refractivity contribution in [3.8, 4) is 22.4 Å². The largest absolute Gasteiger partial charge is 0.437 e. The fourth-order valence-corrected chi connectivity index (χ4v) is 3.47. The molecule has 0 aliphatic carbocycles. The second-order valence-corrected chi connectivity index (χ2v) is 6.78. The van der Waals surface area contributed by atoms with Crippen LogP contribution in [0.25, 0.3) is 44.5 Å². The van der Waals surface area contributed by atoms with E-state index in [1.165, 1.54) is 12.3 Å². The van der Waals surface area contributed by atoms with Crippen LogP contribution in [0.4, 0.5) is 0 Å². The maximum absolute atomic E-state index is 8.09. The van der Waals surface area contributed by atoms with Crippen molar-refractivity contribution in [3.63, 3.8) is 0 Å². The zero-order valence-electron chi connectivity index (χ0n) is 21.2. The Kier molecular flexibility index (Phi) is 2.57. The molecule has 0 saturated carbocycles. The summed E-state index contributed by atoms with van der Waals surface area (Å²) in [6.45, 7) is -2.71. The van der Waals surface area contributed by atoms with E-state index in [2.05, 4.69) is 9.97 Å². The van der Waals surface area contributed by atoms with E-state index in [1.807, 2.05) is 37.3 Å². The summed E-state index contributed by atoms with van der Waals surface area (Å²) in [6.07, 6.45) is 1.33. The lowest BCUT2D eigenvalue weighted by Gasteiger charge is -2.10. The molecule has 3 heterocycles. The SMILES string of the molecule is [2H]C([2H])([2H])c1ccc(-c2ccc(C([2H])([2H])[2H])c(-c3cccc4c3oc3nc(C)ccc34)c2)nc1. The van der Waals surface area contributed by atoms with E-state index in [4.69, 9.17) is 12.6 Å². The molecule has 2 aromatic carbocycles. The lowest BCUT2D eigenvalue weighted by molar-refractivity contribution is 0.653. The van der Waals surface area contributed by atoms with Gasteiger partial charge in [-0.25, -0.2) is 4.98 Å². The highest BCUT2D eigenvalue weighted by Gasteiger charge is 2.15. The molecule has 3 heteroatoms. The summed E-state index contributed by atoms with van der Waals surface area (Å²) in [5, 5.41) is 1.71. The molecular formula is C25H20N2O. The first kappa shape index (κ1) is 11.4. The van der Waals surface area contributed by atoms with Gasteiger partial charge in [0.2, 0.25) is 5.71 Å². The first-order valence-electron chi connectivity index (χ1n) is 11.9. The van der Waals surface area contributed by atoms with Crippen molar-refractivity contribution < 1.29 is 12.6 Å². The highest BCUT2D eigenvalue weighted by atomic mass is 16.3. The van der Waals surface area contributed by atoms with E-state index in [9.17, 15) is 0 Å². The second-order valence-electron chi connectivity index (χ2n) is 6.78. The number of aryl methyl sites for hydroxylation is 3. The van der Waals surface area contributed by atoms with Gasteiger partial charge < -0.3 is 4.42 Å². The van der Waals surface area contributed by atoms with Gasteiger partial charge in [0.1, 0.15) is 5.58 Å². The van der Waals surface area contributed by atoms with Gasteiger partial charge in [0.25, 0.3) is 0 Å². The first-order chi connectivity index (χ1) is 16.0. The number of fused-ring (bicyclic) bond motifs is 3. The molecule has 3 nitrogen and oxygen atoms in total. The molecular weight excluding hydrogens is 344 g/mol. The minimum Gasteiger partial charge on any atom is -0.437 e. The van der Waals surface area contributed by atoms with Gasteiger partial charge in [-0.15, -0.1) is 0 Å². The molecule has 0 atom stereocenters. The number of rotatable bonds is 2. The van der Waals surface area contributed by atoms with E-state index in [0.717, 1.165) is 16.5 Å². The number of benzene rings is 2. The lowest BCUT2D eigenvalue weighted by atomic mass is 9.95. The van der Waals surface area contributed by atoms with Crippen molar-refractivity contribution in [1.29, 1.82) is 0 Å². The lowest BCUT2D eigenvalue weighted by Crippen LogP contribution is -1.89. The van der Waals surface area contributed by atoms with Gasteiger partial charge in [-0.3, -0.25) is 4.98 Å². The van der Waals surface area contributed by atoms with Crippen LogP contribution in [0.1, 0.15) is 25.0 Å². The fraction of sp³-hybridized carbons (Fsp3) is 0.120. The van der Waals surface area contributed by atoms with Gasteiger partial charge in [0, 0.05) is 42.0 Å². The number of nitrogens with zero attached hydrogens (tertiary/aromatic N) is 2. The Hall–Kier alpha value is -3.46. The molecule has 28 heavy (non-hydrogen) atoms. The summed E-state index contributed by atoms with van der Waals surface area (Å²) in [7, 11) is 0. The molecule has 0 saturated heterocycles. The average Bonchev–Trinajstić information content (AvgIpc) is 3.15. The molecule has 3 aromatic heterocycles. The van der Waals surface area contributed by atoms with Crippen LogP contribution in [0.5, 0.6) is 0 Å². The molecule has 0 radical (unpaired) electrons. The van der Waals surface area contributed by atoms with Crippen molar-refractivity contribution in [2.75, 3.05) is 0 Å². The highest BCUT2D eigenvalue weighted by Crippen LogP contribution is 2.37. The summed E-state index contributed by atoms with van der Waals surface area (Å²) in [5.74, 6) is 0. The summed E-state index contributed by atoms with van der Waals surface area (Å²) in [5.41, 5.74) is 4.56. The zero-order chi connectivity index (χ0) is 24.3. The fourth-order valence-electron chi connectivity index (χ4n) is 3.47. The maximum atomic E-state index is 8.09. The van der Waals surface area contributed by atoms with Crippen molar-refractivity contribution in [2.24, 2.45) is 0 Å². The van der Waals surface area contributed by atoms with Crippen molar-refractivity contribution in [3.05, 3.63) is 83.7 Å². The number of aromatic nitrogens is 2. The number of furan rings is 1. The molecule has 5 rings (SSSR count). The van der Waals surface area contributed by atoms with E-state index in [0.29, 0.717) is 33.7 Å². The zero-order valence-corrected chi connectivity index (χ0v) is 15.2. The third-order valence-corrected chi connectivity index (χ3v) is 4.87. The van der Waals surface area contributed by atoms with Gasteiger partial charge in [0.15, 0.2) is 0 Å². The minimum atomic E-state index is -2.35. The van der Waals surface area contributed by atoms with Gasteiger partial charge >= 0.3 is 0 Å². The number of hydrogen-bond donors (Lipinski definition) is 0. The van der Waals surface area contributed by atoms with Gasteiger partial charge in [-0.2, -0.15) is 0 Å². The highest BCUT2D eigenvalue weighted by molar-refractivity contribution is 6.08. The summed E-state index contributed by atoms with van der Waals surface area (Å²) in [6, 6.07) is 17.6. The summed E-state index contributed by atoms with van der Waals surface area (Å²) < 4.78 is 53.0. The summed E-state index contributed by atoms with van der Waals surface area (Å²) in [4.78, 5) is 8.79. The standard InChI is InChI=1S/C25H20N2O/c1-15-7-12-23(26-14-15)18-10-8-16(2)22(13-18)20-6-4-5-19-21-11-9-17(3)27-25(21)28-24(19)20/h4-14H,1-3H3/i1D3,2D3. The van der Waals surface area contributed by atoms with Crippen LogP contribution in [0.3, 0.4) is 0 Å². The van der Waals surface area contributed by atoms with Crippen LogP contribution in [-0.2, 0) is 0 Å². The quantitative estimate of drug-likeness (QED) is 0.350. The Morgan fingerprint density at radius 1 is 0.893 bits per heavy atom. The van der Waals surface area contributed by atoms with Crippen LogP contribution in [-0.4, -0.2) is 9.97 Å². The minimum absolute atomic E-state index is 0.144. The number of pyridine rings is 2. The maximum Gasteiger partial charge on any atom is 0.227 e. The molecule has 0 fully saturated rings. The third kappa shape index (κ3) is 2.67. The van der Waals surface area contributed by atoms with Crippen LogP contribution >= 0.6 is 0 Å². The number of hydrogen-bond acceptors (Lipinski definition) is 3. The molecule has 0 bridgehead atoms. The Balaban J connectivity index is 1.73. The Labute approximate surface area is 172 Å². The van der Waals surface area contributed by atoms with Crippen molar-refractivity contribution in [2.45, 2.75) is 20.6 Å². The van der Waals surface area contributed by atoms with Gasteiger partial charge in [-0.1, -0.05) is 36.4 Å². The Morgan fingerprint density at radius 3 is 2.68 bits per heavy atom. The Morgan fingerprint density at radius 2 is 1.86 bits per heavy atom. The number of para-hydroxylation sites is 1. The van der Waals surface area contributed by atoms with Crippen LogP contribution in [0, 0.1) is 20.6 Å². The topological polar surface area (TPSA) is 38.9 Å². The first-order valence-corrected chi connectivity index (χ1v) is 8.93. The van der Waals surface area contributed by atoms with E-state index >= 15 is 0 Å². The monoisotopic (exact) mass is 370 g/mol. The second kappa shape index (κ2) is 6.31. The van der Waals surface area contributed by atoms with Crippen LogP contribution in [0.15, 0.2) is 71.3 Å². The van der Waals surface area contributed by atoms with E-state index in [-0.39, 0.29) is 11.1 Å². The molecule has 0 spiro atoms. The van der Waals surface area contributed by atoms with Crippen molar-refractivity contribution >= 4 is 22.1 Å². The van der Waals surface area contributed by atoms with Crippen LogP contribution in [0.2, 0.25) is 0 Å². The summed E-state index contributed by atoms with van der Waals surface area (Å²) >= 11 is 0. The molecule has 136 valence electrons. The normalized spacial score (nSPS) is 15.5. The smallest absolute Gasteiger partial charge is 0.227 e. The van der Waals surface area contributed by atoms with Gasteiger partial charge in [0.05, 0.1) is 5.69 Å². The van der Waals surface area contributed by atoms with Crippen LogP contribution < -0.4 is 0 Å². The average molecular weight is 370 g/mol. The Bertz CT molecular complexity index is 1530. The van der Waals surface area contributed by atoms with Gasteiger partial charge in [-0.05, 0) is 61.6 Å².